The molecule has 1 rings (SSSR count). The van der Waals surface area contributed by atoms with Gasteiger partial charge in [0.2, 0.25) is 0 Å². The summed E-state index contributed by atoms with van der Waals surface area (Å²) >= 11 is 0. The van der Waals surface area contributed by atoms with Crippen LogP contribution in [-0.2, 0) is 4.74 Å². The van der Waals surface area contributed by atoms with E-state index in [-0.39, 0.29) is 0 Å². The lowest BCUT2D eigenvalue weighted by atomic mass is 10.0. The van der Waals surface area contributed by atoms with Crippen LogP contribution in [0, 0.1) is 5.92 Å². The topological polar surface area (TPSA) is 62.9 Å². The maximum Gasteiger partial charge on any atom is 0.188 e. The molecule has 0 aromatic carbocycles. The summed E-state index contributed by atoms with van der Waals surface area (Å²) in [5.41, 5.74) is 6.90. The maximum absolute atomic E-state index is 5.85. The summed E-state index contributed by atoms with van der Waals surface area (Å²) in [5, 5.41) is 3.06. The van der Waals surface area contributed by atoms with Crippen molar-refractivity contribution in [3.63, 3.8) is 0 Å². The van der Waals surface area contributed by atoms with Gasteiger partial charge in [-0.25, -0.2) is 0 Å². The smallest absolute Gasteiger partial charge is 0.188 e. The molecule has 0 saturated carbocycles. The molecule has 0 radical (unpaired) electrons. The highest BCUT2D eigenvalue weighted by molar-refractivity contribution is 5.78. The molecule has 1 fully saturated rings. The fraction of sp³-hybridized carbons (Fsp3) is 0.786. The Morgan fingerprint density at radius 1 is 1.42 bits per heavy atom. The summed E-state index contributed by atoms with van der Waals surface area (Å²) in [7, 11) is 0. The van der Waals surface area contributed by atoms with Crippen LogP contribution in [0.5, 0.6) is 0 Å². The van der Waals surface area contributed by atoms with Gasteiger partial charge in [-0.15, -0.1) is 0 Å². The first-order valence-corrected chi connectivity index (χ1v) is 7.00. The van der Waals surface area contributed by atoms with E-state index in [9.17, 15) is 0 Å². The van der Waals surface area contributed by atoms with Gasteiger partial charge in [0.15, 0.2) is 5.96 Å². The number of morpholine rings is 1. The van der Waals surface area contributed by atoms with Gasteiger partial charge in [-0.2, -0.15) is 0 Å². The quantitative estimate of drug-likeness (QED) is 0.425. The molecule has 3 N–H and O–H groups in total. The third-order valence-electron chi connectivity index (χ3n) is 3.30. The summed E-state index contributed by atoms with van der Waals surface area (Å²) in [6.45, 7) is 15.3. The molecule has 0 aliphatic carbocycles. The number of hydrogen-bond donors (Lipinski definition) is 2. The molecular weight excluding hydrogens is 240 g/mol. The molecule has 110 valence electrons. The van der Waals surface area contributed by atoms with Crippen LogP contribution in [0.1, 0.15) is 20.8 Å². The SMILES string of the molecule is C=C(C)CNC(N)=NCC(C(C)C)N1CCOCC1. The predicted octanol–water partition coefficient (Wildman–Crippen LogP) is 0.824. The fourth-order valence-corrected chi connectivity index (χ4v) is 2.15. The van der Waals surface area contributed by atoms with Gasteiger partial charge in [0.05, 0.1) is 19.8 Å². The monoisotopic (exact) mass is 268 g/mol. The van der Waals surface area contributed by atoms with E-state index in [1.54, 1.807) is 0 Å². The standard InChI is InChI=1S/C14H28N4O/c1-11(2)9-16-14(15)17-10-13(12(3)4)18-5-7-19-8-6-18/h12-13H,1,5-10H2,2-4H3,(H3,15,16,17). The first-order valence-electron chi connectivity index (χ1n) is 7.00. The Bertz CT molecular complexity index is 309. The highest BCUT2D eigenvalue weighted by Gasteiger charge is 2.23. The minimum Gasteiger partial charge on any atom is -0.379 e. The molecular formula is C14H28N4O. The third kappa shape index (κ3) is 6.07. The Kier molecular flexibility index (Phi) is 6.87. The normalized spacial score (nSPS) is 19.5. The third-order valence-corrected chi connectivity index (χ3v) is 3.30. The maximum atomic E-state index is 5.85. The van der Waals surface area contributed by atoms with Crippen LogP contribution in [0.15, 0.2) is 17.1 Å². The molecule has 0 aromatic heterocycles. The van der Waals surface area contributed by atoms with Crippen molar-refractivity contribution >= 4 is 5.96 Å². The molecule has 1 unspecified atom stereocenters. The lowest BCUT2D eigenvalue weighted by Gasteiger charge is -2.36. The van der Waals surface area contributed by atoms with Crippen LogP contribution >= 0.6 is 0 Å². The number of guanidine groups is 1. The average Bonchev–Trinajstić information content (AvgIpc) is 2.37. The number of nitrogens with two attached hydrogens (primary N) is 1. The fourth-order valence-electron chi connectivity index (χ4n) is 2.15. The number of nitrogens with one attached hydrogen (secondary N) is 1. The summed E-state index contributed by atoms with van der Waals surface area (Å²) in [6.07, 6.45) is 0. The molecule has 5 heteroatoms. The van der Waals surface area contributed by atoms with Gasteiger partial charge in [0.25, 0.3) is 0 Å². The molecule has 1 aliphatic rings. The highest BCUT2D eigenvalue weighted by atomic mass is 16.5. The summed E-state index contributed by atoms with van der Waals surface area (Å²) in [4.78, 5) is 6.90. The van der Waals surface area contributed by atoms with E-state index in [2.05, 4.69) is 35.6 Å². The van der Waals surface area contributed by atoms with Crippen molar-refractivity contribution in [2.24, 2.45) is 16.6 Å². The Hall–Kier alpha value is -1.07. The number of aliphatic imine (C=N–C) groups is 1. The zero-order valence-electron chi connectivity index (χ0n) is 12.5. The molecule has 1 saturated heterocycles. The van der Waals surface area contributed by atoms with E-state index in [0.717, 1.165) is 38.4 Å². The first kappa shape index (κ1) is 16.0. The highest BCUT2D eigenvalue weighted by Crippen LogP contribution is 2.13. The van der Waals surface area contributed by atoms with Crippen molar-refractivity contribution in [2.75, 3.05) is 39.4 Å². The van der Waals surface area contributed by atoms with Crippen molar-refractivity contribution in [2.45, 2.75) is 26.8 Å². The zero-order chi connectivity index (χ0) is 14.3. The van der Waals surface area contributed by atoms with Crippen LogP contribution in [-0.4, -0.2) is 56.3 Å². The van der Waals surface area contributed by atoms with Crippen molar-refractivity contribution in [3.05, 3.63) is 12.2 Å². The van der Waals surface area contributed by atoms with E-state index in [1.165, 1.54) is 0 Å². The first-order chi connectivity index (χ1) is 9.00. The van der Waals surface area contributed by atoms with E-state index in [1.807, 2.05) is 6.92 Å². The largest absolute Gasteiger partial charge is 0.379 e. The van der Waals surface area contributed by atoms with Gasteiger partial charge in [-0.1, -0.05) is 26.0 Å². The second-order valence-corrected chi connectivity index (χ2v) is 5.50. The number of nitrogens with zero attached hydrogens (tertiary/aromatic N) is 2. The lowest BCUT2D eigenvalue weighted by molar-refractivity contribution is 0.00868. The minimum absolute atomic E-state index is 0.425. The Morgan fingerprint density at radius 2 is 2.05 bits per heavy atom. The molecule has 19 heavy (non-hydrogen) atoms. The van der Waals surface area contributed by atoms with Crippen LogP contribution in [0.4, 0.5) is 0 Å². The number of rotatable bonds is 6. The van der Waals surface area contributed by atoms with Gasteiger partial charge in [0.1, 0.15) is 0 Å². The summed E-state index contributed by atoms with van der Waals surface area (Å²) in [6, 6.07) is 0.425. The van der Waals surface area contributed by atoms with Gasteiger partial charge in [-0.05, 0) is 12.8 Å². The van der Waals surface area contributed by atoms with Crippen molar-refractivity contribution in [3.8, 4) is 0 Å². The zero-order valence-corrected chi connectivity index (χ0v) is 12.5. The molecule has 0 aromatic rings. The average molecular weight is 268 g/mol. The summed E-state index contributed by atoms with van der Waals surface area (Å²) in [5.74, 6) is 1.05. The van der Waals surface area contributed by atoms with Crippen LogP contribution in [0.3, 0.4) is 0 Å². The Morgan fingerprint density at radius 3 is 2.58 bits per heavy atom. The second-order valence-electron chi connectivity index (χ2n) is 5.50. The molecule has 1 aliphatic heterocycles. The Balaban J connectivity index is 2.48. The number of hydrogen-bond acceptors (Lipinski definition) is 3. The van der Waals surface area contributed by atoms with Gasteiger partial charge in [-0.3, -0.25) is 9.89 Å². The number of ether oxygens (including phenoxy) is 1. The van der Waals surface area contributed by atoms with E-state index < -0.39 is 0 Å². The van der Waals surface area contributed by atoms with Crippen LogP contribution in [0.25, 0.3) is 0 Å². The molecule has 0 amide bonds. The molecule has 1 heterocycles. The molecule has 0 bridgehead atoms. The van der Waals surface area contributed by atoms with Crippen LogP contribution in [0.2, 0.25) is 0 Å². The molecule has 1 atom stereocenters. The molecule has 0 spiro atoms. The van der Waals surface area contributed by atoms with E-state index >= 15 is 0 Å². The van der Waals surface area contributed by atoms with Crippen LogP contribution < -0.4 is 11.1 Å². The minimum atomic E-state index is 0.425. The lowest BCUT2D eigenvalue weighted by Crippen LogP contribution is -2.48. The van der Waals surface area contributed by atoms with Crippen molar-refractivity contribution < 1.29 is 4.74 Å². The van der Waals surface area contributed by atoms with Gasteiger partial charge >= 0.3 is 0 Å². The molecule has 5 nitrogen and oxygen atoms in total. The van der Waals surface area contributed by atoms with E-state index in [0.29, 0.717) is 24.5 Å². The van der Waals surface area contributed by atoms with Crippen molar-refractivity contribution in [1.82, 2.24) is 10.2 Å². The van der Waals surface area contributed by atoms with E-state index in [4.69, 9.17) is 10.5 Å². The summed E-state index contributed by atoms with van der Waals surface area (Å²) < 4.78 is 5.40. The second kappa shape index (κ2) is 8.17. The Labute approximate surface area is 116 Å². The van der Waals surface area contributed by atoms with Crippen molar-refractivity contribution in [1.29, 1.82) is 0 Å². The van der Waals surface area contributed by atoms with Gasteiger partial charge in [0, 0.05) is 25.7 Å². The van der Waals surface area contributed by atoms with Gasteiger partial charge < -0.3 is 15.8 Å². The predicted molar refractivity (Wildman–Crippen MR) is 80.3 cm³/mol.